The lowest BCUT2D eigenvalue weighted by Gasteiger charge is -2.09. The summed E-state index contributed by atoms with van der Waals surface area (Å²) in [4.78, 5) is 36.7. The van der Waals surface area contributed by atoms with E-state index in [9.17, 15) is 14.4 Å². The summed E-state index contributed by atoms with van der Waals surface area (Å²) in [5.41, 5.74) is 1.21. The van der Waals surface area contributed by atoms with Crippen molar-refractivity contribution >= 4 is 16.9 Å². The lowest BCUT2D eigenvalue weighted by Crippen LogP contribution is -2.32. The summed E-state index contributed by atoms with van der Waals surface area (Å²) in [5.74, 6) is 0.0957. The summed E-state index contributed by atoms with van der Waals surface area (Å²) in [7, 11) is 1.59. The molecule has 4 rings (SSSR count). The molecule has 2 heterocycles. The number of para-hydroxylation sites is 1. The first kappa shape index (κ1) is 20.1. The third-order valence-electron chi connectivity index (χ3n) is 4.72. The Labute approximate surface area is 176 Å². The van der Waals surface area contributed by atoms with Crippen molar-refractivity contribution in [2.24, 2.45) is 0 Å². The van der Waals surface area contributed by atoms with Gasteiger partial charge in [-0.1, -0.05) is 12.1 Å². The SMILES string of the molecule is COc1ccc(-c2ccc(=O)n(CCNC(=O)c3cc(=O)c4ccccc4o3)n2)cc1. The minimum Gasteiger partial charge on any atom is -0.497 e. The van der Waals surface area contributed by atoms with Crippen molar-refractivity contribution < 1.29 is 13.9 Å². The van der Waals surface area contributed by atoms with E-state index in [-0.39, 0.29) is 29.8 Å². The third-order valence-corrected chi connectivity index (χ3v) is 4.72. The average Bonchev–Trinajstić information content (AvgIpc) is 2.80. The van der Waals surface area contributed by atoms with Crippen molar-refractivity contribution in [3.63, 3.8) is 0 Å². The zero-order chi connectivity index (χ0) is 21.8. The number of hydrogen-bond acceptors (Lipinski definition) is 6. The van der Waals surface area contributed by atoms with Crippen molar-refractivity contribution in [3.05, 3.63) is 93.1 Å². The maximum atomic E-state index is 12.4. The van der Waals surface area contributed by atoms with Gasteiger partial charge in [0, 0.05) is 24.2 Å². The van der Waals surface area contributed by atoms with Crippen LogP contribution in [0.15, 0.2) is 80.7 Å². The number of methoxy groups -OCH3 is 1. The van der Waals surface area contributed by atoms with Crippen LogP contribution in [0.4, 0.5) is 0 Å². The number of fused-ring (bicyclic) bond motifs is 1. The number of carbonyl (C=O) groups is 1. The van der Waals surface area contributed by atoms with Gasteiger partial charge in [-0.05, 0) is 42.5 Å². The fraction of sp³-hybridized carbons (Fsp3) is 0.130. The van der Waals surface area contributed by atoms with E-state index >= 15 is 0 Å². The largest absolute Gasteiger partial charge is 0.497 e. The normalized spacial score (nSPS) is 10.7. The molecule has 0 aliphatic rings. The first-order chi connectivity index (χ1) is 15.0. The molecule has 2 aromatic carbocycles. The molecule has 0 fully saturated rings. The number of rotatable bonds is 6. The molecule has 0 saturated carbocycles. The van der Waals surface area contributed by atoms with Crippen molar-refractivity contribution in [2.45, 2.75) is 6.54 Å². The molecule has 2 aromatic heterocycles. The van der Waals surface area contributed by atoms with Gasteiger partial charge >= 0.3 is 0 Å². The van der Waals surface area contributed by atoms with Crippen LogP contribution >= 0.6 is 0 Å². The molecule has 0 atom stereocenters. The van der Waals surface area contributed by atoms with Gasteiger partial charge in [-0.15, -0.1) is 0 Å². The Hall–Kier alpha value is -4.20. The lowest BCUT2D eigenvalue weighted by molar-refractivity contribution is 0.0924. The predicted molar refractivity (Wildman–Crippen MR) is 115 cm³/mol. The van der Waals surface area contributed by atoms with Gasteiger partial charge in [-0.3, -0.25) is 14.4 Å². The maximum absolute atomic E-state index is 12.4. The van der Waals surface area contributed by atoms with Gasteiger partial charge in [0.25, 0.3) is 11.5 Å². The fourth-order valence-corrected chi connectivity index (χ4v) is 3.10. The van der Waals surface area contributed by atoms with E-state index in [1.165, 1.54) is 10.7 Å². The minimum absolute atomic E-state index is 0.0870. The summed E-state index contributed by atoms with van der Waals surface area (Å²) in [6, 6.07) is 18.3. The summed E-state index contributed by atoms with van der Waals surface area (Å²) < 4.78 is 11.9. The first-order valence-corrected chi connectivity index (χ1v) is 9.59. The number of aromatic nitrogens is 2. The predicted octanol–water partition coefficient (Wildman–Crippen LogP) is 2.46. The molecule has 1 amide bonds. The highest BCUT2D eigenvalue weighted by molar-refractivity contribution is 5.93. The molecule has 0 radical (unpaired) electrons. The van der Waals surface area contributed by atoms with Crippen molar-refractivity contribution in [3.8, 4) is 17.0 Å². The molecule has 0 aliphatic carbocycles. The second kappa shape index (κ2) is 8.66. The van der Waals surface area contributed by atoms with Crippen LogP contribution in [0.25, 0.3) is 22.2 Å². The van der Waals surface area contributed by atoms with E-state index in [2.05, 4.69) is 10.4 Å². The highest BCUT2D eigenvalue weighted by atomic mass is 16.5. The van der Waals surface area contributed by atoms with E-state index < -0.39 is 5.91 Å². The van der Waals surface area contributed by atoms with Crippen molar-refractivity contribution in [1.82, 2.24) is 15.1 Å². The molecular formula is C23H19N3O5. The van der Waals surface area contributed by atoms with Crippen molar-refractivity contribution in [2.75, 3.05) is 13.7 Å². The van der Waals surface area contributed by atoms with Crippen LogP contribution in [0.2, 0.25) is 0 Å². The molecule has 0 aliphatic heterocycles. The Balaban J connectivity index is 1.46. The van der Waals surface area contributed by atoms with Crippen LogP contribution in [0.3, 0.4) is 0 Å². The molecule has 0 spiro atoms. The standard InChI is InChI=1S/C23H19N3O5/c1-30-16-8-6-15(7-9-16)18-10-11-22(28)26(25-18)13-12-24-23(29)21-14-19(27)17-4-2-3-5-20(17)31-21/h2-11,14H,12-13H2,1H3,(H,24,29). The Morgan fingerprint density at radius 3 is 2.61 bits per heavy atom. The monoisotopic (exact) mass is 417 g/mol. The molecule has 8 nitrogen and oxygen atoms in total. The topological polar surface area (TPSA) is 103 Å². The molecule has 8 heteroatoms. The zero-order valence-electron chi connectivity index (χ0n) is 16.7. The summed E-state index contributed by atoms with van der Waals surface area (Å²) >= 11 is 0. The summed E-state index contributed by atoms with van der Waals surface area (Å²) in [6.07, 6.45) is 0. The van der Waals surface area contributed by atoms with Gasteiger partial charge in [0.1, 0.15) is 11.3 Å². The second-order valence-corrected chi connectivity index (χ2v) is 6.74. The quantitative estimate of drug-likeness (QED) is 0.517. The Bertz CT molecular complexity index is 1360. The van der Waals surface area contributed by atoms with Crippen LogP contribution in [-0.2, 0) is 6.54 Å². The van der Waals surface area contributed by atoms with Gasteiger partial charge in [-0.2, -0.15) is 5.10 Å². The molecule has 0 saturated heterocycles. The number of carbonyl (C=O) groups excluding carboxylic acids is 1. The van der Waals surface area contributed by atoms with Crippen LogP contribution in [0, 0.1) is 0 Å². The number of hydrogen-bond donors (Lipinski definition) is 1. The minimum atomic E-state index is -0.540. The molecule has 1 N–H and O–H groups in total. The van der Waals surface area contributed by atoms with Crippen LogP contribution in [0.5, 0.6) is 5.75 Å². The van der Waals surface area contributed by atoms with E-state index in [1.54, 1.807) is 37.4 Å². The molecule has 156 valence electrons. The van der Waals surface area contributed by atoms with Gasteiger partial charge in [0.2, 0.25) is 0 Å². The highest BCUT2D eigenvalue weighted by Gasteiger charge is 2.12. The number of nitrogens with zero attached hydrogens (tertiary/aromatic N) is 2. The van der Waals surface area contributed by atoms with Gasteiger partial charge < -0.3 is 14.5 Å². The van der Waals surface area contributed by atoms with Gasteiger partial charge in [0.15, 0.2) is 11.2 Å². The number of amides is 1. The smallest absolute Gasteiger partial charge is 0.287 e. The molecule has 4 aromatic rings. The first-order valence-electron chi connectivity index (χ1n) is 9.59. The fourth-order valence-electron chi connectivity index (χ4n) is 3.10. The van der Waals surface area contributed by atoms with Crippen LogP contribution in [-0.4, -0.2) is 29.3 Å². The Kier molecular flexibility index (Phi) is 5.61. The molecule has 31 heavy (non-hydrogen) atoms. The van der Waals surface area contributed by atoms with E-state index in [0.717, 1.165) is 17.4 Å². The van der Waals surface area contributed by atoms with Crippen LogP contribution < -0.4 is 21.0 Å². The van der Waals surface area contributed by atoms with Crippen LogP contribution in [0.1, 0.15) is 10.6 Å². The van der Waals surface area contributed by atoms with E-state index in [4.69, 9.17) is 9.15 Å². The summed E-state index contributed by atoms with van der Waals surface area (Å²) in [5, 5.41) is 7.42. The number of benzene rings is 2. The van der Waals surface area contributed by atoms with Gasteiger partial charge in [0.05, 0.1) is 24.7 Å². The lowest BCUT2D eigenvalue weighted by atomic mass is 10.1. The van der Waals surface area contributed by atoms with Crippen molar-refractivity contribution in [1.29, 1.82) is 0 Å². The van der Waals surface area contributed by atoms with Gasteiger partial charge in [-0.25, -0.2) is 4.68 Å². The molecule has 0 bridgehead atoms. The molecule has 0 unspecified atom stereocenters. The maximum Gasteiger partial charge on any atom is 0.287 e. The Morgan fingerprint density at radius 2 is 1.84 bits per heavy atom. The summed E-state index contributed by atoms with van der Waals surface area (Å²) in [6.45, 7) is 0.292. The zero-order valence-corrected chi connectivity index (χ0v) is 16.7. The number of nitrogens with one attached hydrogen (secondary N) is 1. The van der Waals surface area contributed by atoms with E-state index in [0.29, 0.717) is 16.7 Å². The molecular weight excluding hydrogens is 398 g/mol. The second-order valence-electron chi connectivity index (χ2n) is 6.74. The number of ether oxygens (including phenoxy) is 1. The van der Waals surface area contributed by atoms with E-state index in [1.807, 2.05) is 24.3 Å². The average molecular weight is 417 g/mol. The Morgan fingerprint density at radius 1 is 1.06 bits per heavy atom. The highest BCUT2D eigenvalue weighted by Crippen LogP contribution is 2.19. The third kappa shape index (κ3) is 4.37.